The molecule has 0 N–H and O–H groups in total. The van der Waals surface area contributed by atoms with Gasteiger partial charge in [0, 0.05) is 5.41 Å². The average Bonchev–Trinajstić information content (AvgIpc) is 3.30. The quantitative estimate of drug-likeness (QED) is 0.468. The number of rotatable bonds is 1. The third kappa shape index (κ3) is 2.49. The standard InChI is InChI=1S/C28H30F2N2/c1-4-28(30)14-12-24-22-10-5-19-15-25-18(16-26(19,2)23(22)11-13-27(24,28)3)17-31-32(25)21-8-6-20(29)7-9-21/h1,6-9,15,17,22-24H,5,10-14,16H2,2-3H3/t22-,23+,24+,26+,27+,28-/m1/s1. The molecule has 0 aliphatic heterocycles. The molecule has 0 unspecified atom stereocenters. The van der Waals surface area contributed by atoms with Gasteiger partial charge in [0.1, 0.15) is 5.82 Å². The van der Waals surface area contributed by atoms with Crippen LogP contribution in [0.5, 0.6) is 0 Å². The van der Waals surface area contributed by atoms with Gasteiger partial charge in [-0.05, 0) is 104 Å². The van der Waals surface area contributed by atoms with Crippen molar-refractivity contribution in [1.82, 2.24) is 9.78 Å². The minimum Gasteiger partial charge on any atom is -0.233 e. The molecular formula is C28H30F2N2. The van der Waals surface area contributed by atoms with Crippen molar-refractivity contribution in [2.75, 3.05) is 0 Å². The molecule has 4 aliphatic carbocycles. The van der Waals surface area contributed by atoms with Crippen LogP contribution in [0, 0.1) is 46.7 Å². The Balaban J connectivity index is 1.36. The molecule has 1 aromatic heterocycles. The zero-order valence-corrected chi connectivity index (χ0v) is 18.9. The second-order valence-corrected chi connectivity index (χ2v) is 11.1. The average molecular weight is 433 g/mol. The van der Waals surface area contributed by atoms with E-state index in [0.717, 1.165) is 49.9 Å². The molecule has 0 saturated heterocycles. The summed E-state index contributed by atoms with van der Waals surface area (Å²) in [7, 11) is 0. The third-order valence-corrected chi connectivity index (χ3v) is 9.89. The first-order chi connectivity index (χ1) is 15.3. The summed E-state index contributed by atoms with van der Waals surface area (Å²) in [4.78, 5) is 0. The molecule has 3 saturated carbocycles. The molecule has 0 radical (unpaired) electrons. The molecule has 6 rings (SSSR count). The van der Waals surface area contributed by atoms with Gasteiger partial charge in [-0.15, -0.1) is 6.42 Å². The van der Waals surface area contributed by atoms with E-state index in [1.807, 2.05) is 10.9 Å². The second-order valence-electron chi connectivity index (χ2n) is 11.1. The van der Waals surface area contributed by atoms with Crippen molar-refractivity contribution in [1.29, 1.82) is 0 Å². The van der Waals surface area contributed by atoms with E-state index < -0.39 is 5.67 Å². The van der Waals surface area contributed by atoms with Gasteiger partial charge in [0.15, 0.2) is 5.67 Å². The summed E-state index contributed by atoms with van der Waals surface area (Å²) in [5.74, 6) is 3.80. The van der Waals surface area contributed by atoms with Crippen molar-refractivity contribution < 1.29 is 8.78 Å². The highest BCUT2D eigenvalue weighted by molar-refractivity contribution is 5.61. The Bertz CT molecular complexity index is 1160. The maximum Gasteiger partial charge on any atom is 0.176 e. The maximum absolute atomic E-state index is 15.7. The number of allylic oxidation sites excluding steroid dienone is 1. The molecule has 6 atom stereocenters. The molecule has 166 valence electrons. The lowest BCUT2D eigenvalue weighted by atomic mass is 9.46. The lowest BCUT2D eigenvalue weighted by Crippen LogP contribution is -2.53. The minimum atomic E-state index is -1.45. The number of benzene rings is 1. The maximum atomic E-state index is 15.7. The van der Waals surface area contributed by atoms with Crippen molar-refractivity contribution in [3.05, 3.63) is 53.1 Å². The summed E-state index contributed by atoms with van der Waals surface area (Å²) < 4.78 is 31.0. The number of terminal acetylenes is 1. The lowest BCUT2D eigenvalue weighted by Gasteiger charge is -2.58. The van der Waals surface area contributed by atoms with E-state index in [0.29, 0.717) is 24.2 Å². The second kappa shape index (κ2) is 6.56. The molecule has 3 fully saturated rings. The number of nitrogens with zero attached hydrogens (tertiary/aromatic N) is 2. The van der Waals surface area contributed by atoms with E-state index in [-0.39, 0.29) is 16.6 Å². The fraction of sp³-hybridized carbons (Fsp3) is 0.536. The summed E-state index contributed by atoms with van der Waals surface area (Å²) in [6, 6.07) is 6.53. The van der Waals surface area contributed by atoms with Gasteiger partial charge < -0.3 is 0 Å². The van der Waals surface area contributed by atoms with Crippen LogP contribution < -0.4 is 0 Å². The Morgan fingerprint density at radius 1 is 1.09 bits per heavy atom. The molecule has 0 spiro atoms. The monoisotopic (exact) mass is 432 g/mol. The molecule has 1 heterocycles. The van der Waals surface area contributed by atoms with Crippen molar-refractivity contribution in [2.45, 2.75) is 64.5 Å². The topological polar surface area (TPSA) is 17.8 Å². The van der Waals surface area contributed by atoms with Crippen LogP contribution in [0.3, 0.4) is 0 Å². The molecule has 0 amide bonds. The van der Waals surface area contributed by atoms with Crippen LogP contribution in [0.2, 0.25) is 0 Å². The first-order valence-corrected chi connectivity index (χ1v) is 12.0. The molecule has 4 aliphatic rings. The Morgan fingerprint density at radius 3 is 2.59 bits per heavy atom. The Kier molecular flexibility index (Phi) is 4.15. The van der Waals surface area contributed by atoms with Crippen LogP contribution in [0.15, 0.2) is 36.0 Å². The Hall–Kier alpha value is -2.41. The van der Waals surface area contributed by atoms with Gasteiger partial charge in [-0.25, -0.2) is 13.5 Å². The molecule has 2 aromatic rings. The highest BCUT2D eigenvalue weighted by Crippen LogP contribution is 2.68. The van der Waals surface area contributed by atoms with Crippen LogP contribution in [0.4, 0.5) is 8.78 Å². The van der Waals surface area contributed by atoms with Crippen molar-refractivity contribution in [3.63, 3.8) is 0 Å². The van der Waals surface area contributed by atoms with Gasteiger partial charge in [0.2, 0.25) is 0 Å². The van der Waals surface area contributed by atoms with Gasteiger partial charge in [-0.2, -0.15) is 5.10 Å². The number of hydrogen-bond acceptors (Lipinski definition) is 1. The number of aromatic nitrogens is 2. The van der Waals surface area contributed by atoms with Crippen LogP contribution in [0.25, 0.3) is 11.8 Å². The van der Waals surface area contributed by atoms with Gasteiger partial charge in [-0.1, -0.05) is 25.3 Å². The zero-order valence-electron chi connectivity index (χ0n) is 18.9. The summed E-state index contributed by atoms with van der Waals surface area (Å²) in [5, 5.41) is 4.66. The van der Waals surface area contributed by atoms with Crippen LogP contribution in [0.1, 0.15) is 63.6 Å². The van der Waals surface area contributed by atoms with Gasteiger partial charge in [-0.3, -0.25) is 0 Å². The highest BCUT2D eigenvalue weighted by Gasteiger charge is 2.64. The normalized spacial score (nSPS) is 39.8. The summed E-state index contributed by atoms with van der Waals surface area (Å²) in [6.45, 7) is 4.55. The molecule has 1 aromatic carbocycles. The Morgan fingerprint density at radius 2 is 1.84 bits per heavy atom. The summed E-state index contributed by atoms with van der Waals surface area (Å²) >= 11 is 0. The SMILES string of the molecule is C#C[C@@]1(F)CC[C@H]2[C@@H]3CCC4=Cc5c(cnn5-c5ccc(F)cc5)C[C@]4(C)[C@H]3CC[C@@]21C. The fourth-order valence-electron chi connectivity index (χ4n) is 8.06. The van der Waals surface area contributed by atoms with Gasteiger partial charge in [0.25, 0.3) is 0 Å². The van der Waals surface area contributed by atoms with E-state index in [4.69, 9.17) is 6.42 Å². The zero-order chi connectivity index (χ0) is 22.3. The van der Waals surface area contributed by atoms with Crippen LogP contribution in [-0.4, -0.2) is 15.4 Å². The first kappa shape index (κ1) is 20.2. The van der Waals surface area contributed by atoms with Crippen molar-refractivity contribution in [3.8, 4) is 18.0 Å². The van der Waals surface area contributed by atoms with E-state index in [2.05, 4.69) is 30.9 Å². The summed E-state index contributed by atoms with van der Waals surface area (Å²) in [5.41, 5.74) is 3.02. The van der Waals surface area contributed by atoms with Crippen molar-refractivity contribution in [2.24, 2.45) is 28.6 Å². The largest absolute Gasteiger partial charge is 0.233 e. The first-order valence-electron chi connectivity index (χ1n) is 12.0. The van der Waals surface area contributed by atoms with E-state index >= 15 is 4.39 Å². The van der Waals surface area contributed by atoms with Crippen LogP contribution in [-0.2, 0) is 6.42 Å². The molecule has 2 nitrogen and oxygen atoms in total. The molecular weight excluding hydrogens is 402 g/mol. The lowest BCUT2D eigenvalue weighted by molar-refractivity contribution is -0.0693. The summed E-state index contributed by atoms with van der Waals surface area (Å²) in [6.07, 6.45) is 16.5. The minimum absolute atomic E-state index is 0.0889. The van der Waals surface area contributed by atoms with Crippen molar-refractivity contribution >= 4 is 6.08 Å². The smallest absolute Gasteiger partial charge is 0.176 e. The van der Waals surface area contributed by atoms with E-state index in [1.165, 1.54) is 23.3 Å². The van der Waals surface area contributed by atoms with E-state index in [1.54, 1.807) is 12.1 Å². The Labute approximate surface area is 189 Å². The molecule has 32 heavy (non-hydrogen) atoms. The molecule has 4 heteroatoms. The van der Waals surface area contributed by atoms with E-state index in [9.17, 15) is 4.39 Å². The predicted molar refractivity (Wildman–Crippen MR) is 122 cm³/mol. The number of fused-ring (bicyclic) bond motifs is 6. The predicted octanol–water partition coefficient (Wildman–Crippen LogP) is 6.54. The number of hydrogen-bond donors (Lipinski definition) is 0. The molecule has 0 bridgehead atoms. The number of alkyl halides is 1. The third-order valence-electron chi connectivity index (χ3n) is 9.89. The fourth-order valence-corrected chi connectivity index (χ4v) is 8.06. The van der Waals surface area contributed by atoms with Gasteiger partial charge in [0.05, 0.1) is 17.6 Å². The van der Waals surface area contributed by atoms with Gasteiger partial charge >= 0.3 is 0 Å². The number of halogens is 2. The highest BCUT2D eigenvalue weighted by atomic mass is 19.1. The van der Waals surface area contributed by atoms with Crippen LogP contribution >= 0.6 is 0 Å².